The Kier molecular flexibility index (Phi) is 4.44. The van der Waals surface area contributed by atoms with Crippen molar-refractivity contribution < 1.29 is 9.53 Å². The third kappa shape index (κ3) is 3.77. The minimum Gasteiger partial charge on any atom is -0.444 e. The summed E-state index contributed by atoms with van der Waals surface area (Å²) in [6.45, 7) is 6.68. The number of likely N-dealkylation sites (tertiary alicyclic amines) is 1. The van der Waals surface area contributed by atoms with E-state index in [0.29, 0.717) is 23.7 Å². The van der Waals surface area contributed by atoms with Crippen LogP contribution < -0.4 is 0 Å². The summed E-state index contributed by atoms with van der Waals surface area (Å²) in [5.41, 5.74) is 1.74. The summed E-state index contributed by atoms with van der Waals surface area (Å²) in [6, 6.07) is 7.37. The molecule has 0 radical (unpaired) electrons. The maximum atomic E-state index is 12.0. The number of hydrogen-bond donors (Lipinski definition) is 0. The lowest BCUT2D eigenvalue weighted by Crippen LogP contribution is -2.52. The Hall–Kier alpha value is -2.52. The summed E-state index contributed by atoms with van der Waals surface area (Å²) in [6.07, 6.45) is 3.35. The molecule has 1 aliphatic rings. The van der Waals surface area contributed by atoms with E-state index in [1.807, 2.05) is 37.7 Å². The zero-order valence-corrected chi connectivity index (χ0v) is 15.1. The number of amides is 1. The van der Waals surface area contributed by atoms with Crippen LogP contribution >= 0.6 is 11.6 Å². The first kappa shape index (κ1) is 17.3. The molecular weight excluding hydrogens is 340 g/mol. The molecule has 0 spiro atoms. The Bertz CT molecular complexity index is 841. The monoisotopic (exact) mass is 358 g/mol. The predicted molar refractivity (Wildman–Crippen MR) is 94.2 cm³/mol. The van der Waals surface area contributed by atoms with Crippen molar-refractivity contribution in [2.24, 2.45) is 0 Å². The van der Waals surface area contributed by atoms with Crippen LogP contribution in [-0.4, -0.2) is 39.5 Å². The molecule has 7 heteroatoms. The van der Waals surface area contributed by atoms with Gasteiger partial charge >= 0.3 is 6.09 Å². The van der Waals surface area contributed by atoms with Crippen LogP contribution in [0.15, 0.2) is 30.6 Å². The Balaban J connectivity index is 1.66. The number of carbonyl (C=O) groups excluding carboxylic acids is 1. The van der Waals surface area contributed by atoms with Crippen molar-refractivity contribution in [2.45, 2.75) is 32.4 Å². The van der Waals surface area contributed by atoms with Gasteiger partial charge in [0, 0.05) is 35.4 Å². The number of ether oxygens (including phenoxy) is 1. The lowest BCUT2D eigenvalue weighted by atomic mass is 10.1. The fourth-order valence-corrected chi connectivity index (χ4v) is 2.88. The summed E-state index contributed by atoms with van der Waals surface area (Å²) in [4.78, 5) is 13.6. The fraction of sp³-hybridized carbons (Fsp3) is 0.389. The van der Waals surface area contributed by atoms with Crippen LogP contribution in [0.4, 0.5) is 4.79 Å². The Labute approximate surface area is 151 Å². The molecule has 0 bridgehead atoms. The third-order valence-corrected chi connectivity index (χ3v) is 4.21. The molecule has 0 N–H and O–H groups in total. The average Bonchev–Trinajstić information content (AvgIpc) is 2.92. The lowest BCUT2D eigenvalue weighted by Gasteiger charge is -2.39. The lowest BCUT2D eigenvalue weighted by molar-refractivity contribution is -0.000380. The summed E-state index contributed by atoms with van der Waals surface area (Å²) < 4.78 is 7.19. The molecule has 1 aliphatic heterocycles. The van der Waals surface area contributed by atoms with Gasteiger partial charge in [0.2, 0.25) is 0 Å². The van der Waals surface area contributed by atoms with E-state index in [9.17, 15) is 4.79 Å². The van der Waals surface area contributed by atoms with Gasteiger partial charge in [0.1, 0.15) is 5.60 Å². The second kappa shape index (κ2) is 6.41. The molecule has 6 nitrogen and oxygen atoms in total. The predicted octanol–water partition coefficient (Wildman–Crippen LogP) is 3.87. The first-order chi connectivity index (χ1) is 11.8. The van der Waals surface area contributed by atoms with Gasteiger partial charge < -0.3 is 9.64 Å². The van der Waals surface area contributed by atoms with Crippen LogP contribution in [0.3, 0.4) is 0 Å². The molecule has 0 atom stereocenters. The van der Waals surface area contributed by atoms with Gasteiger partial charge in [-0.15, -0.1) is 0 Å². The number of hydrogen-bond acceptors (Lipinski definition) is 4. The van der Waals surface area contributed by atoms with Gasteiger partial charge in [0.25, 0.3) is 0 Å². The number of nitriles is 1. The number of rotatable bonds is 2. The topological polar surface area (TPSA) is 71.2 Å². The standard InChI is InChI=1S/C18H19ClN4O2/c1-18(2,3)25-17(24)22-10-14(11-22)23-9-13(8-21-23)15-5-4-12(7-20)6-16(15)19/h4-6,8-9,14H,10-11H2,1-3H3. The molecule has 130 valence electrons. The first-order valence-electron chi connectivity index (χ1n) is 7.99. The smallest absolute Gasteiger partial charge is 0.410 e. The van der Waals surface area contributed by atoms with Gasteiger partial charge in [-0.2, -0.15) is 10.4 Å². The van der Waals surface area contributed by atoms with Crippen LogP contribution in [0, 0.1) is 11.3 Å². The largest absolute Gasteiger partial charge is 0.444 e. The van der Waals surface area contributed by atoms with Gasteiger partial charge in [-0.25, -0.2) is 4.79 Å². The van der Waals surface area contributed by atoms with E-state index in [1.54, 1.807) is 23.2 Å². The number of nitrogens with zero attached hydrogens (tertiary/aromatic N) is 4. The Morgan fingerprint density at radius 2 is 2.12 bits per heavy atom. The highest BCUT2D eigenvalue weighted by atomic mass is 35.5. The van der Waals surface area contributed by atoms with Crippen molar-refractivity contribution in [3.63, 3.8) is 0 Å². The van der Waals surface area contributed by atoms with E-state index in [1.165, 1.54) is 0 Å². The molecule has 0 saturated carbocycles. The van der Waals surface area contributed by atoms with Crippen molar-refractivity contribution in [2.75, 3.05) is 13.1 Å². The van der Waals surface area contributed by atoms with Crippen molar-refractivity contribution in [3.05, 3.63) is 41.2 Å². The zero-order valence-electron chi connectivity index (χ0n) is 14.4. The normalized spacial score (nSPS) is 14.8. The maximum absolute atomic E-state index is 12.0. The second-order valence-corrected chi connectivity index (χ2v) is 7.46. The summed E-state index contributed by atoms with van der Waals surface area (Å²) in [5, 5.41) is 13.8. The average molecular weight is 359 g/mol. The van der Waals surface area contributed by atoms with Gasteiger partial charge in [-0.05, 0) is 32.9 Å². The molecule has 2 heterocycles. The number of benzene rings is 1. The van der Waals surface area contributed by atoms with Crippen LogP contribution in [0.2, 0.25) is 5.02 Å². The molecular formula is C18H19ClN4O2. The van der Waals surface area contributed by atoms with Gasteiger partial charge in [-0.1, -0.05) is 17.7 Å². The molecule has 1 fully saturated rings. The van der Waals surface area contributed by atoms with Crippen LogP contribution in [0.1, 0.15) is 32.4 Å². The highest BCUT2D eigenvalue weighted by Gasteiger charge is 2.35. The fourth-order valence-electron chi connectivity index (χ4n) is 2.59. The van der Waals surface area contributed by atoms with E-state index >= 15 is 0 Å². The molecule has 1 aromatic carbocycles. The second-order valence-electron chi connectivity index (χ2n) is 7.05. The molecule has 25 heavy (non-hydrogen) atoms. The minimum absolute atomic E-state index is 0.124. The molecule has 0 aliphatic carbocycles. The minimum atomic E-state index is -0.493. The third-order valence-electron chi connectivity index (χ3n) is 3.90. The van der Waals surface area contributed by atoms with Crippen molar-refractivity contribution in [1.82, 2.24) is 14.7 Å². The summed E-state index contributed by atoms with van der Waals surface area (Å²) >= 11 is 6.25. The molecule has 1 aromatic heterocycles. The van der Waals surface area contributed by atoms with Crippen LogP contribution in [0.5, 0.6) is 0 Å². The summed E-state index contributed by atoms with van der Waals surface area (Å²) in [7, 11) is 0. The highest BCUT2D eigenvalue weighted by Crippen LogP contribution is 2.30. The van der Waals surface area contributed by atoms with Crippen molar-refractivity contribution in [1.29, 1.82) is 5.26 Å². The quantitative estimate of drug-likeness (QED) is 0.817. The highest BCUT2D eigenvalue weighted by molar-refractivity contribution is 6.33. The Morgan fingerprint density at radius 1 is 1.40 bits per heavy atom. The molecule has 3 rings (SSSR count). The van der Waals surface area contributed by atoms with Crippen LogP contribution in [-0.2, 0) is 4.74 Å². The van der Waals surface area contributed by atoms with E-state index in [4.69, 9.17) is 21.6 Å². The van der Waals surface area contributed by atoms with Gasteiger partial charge in [-0.3, -0.25) is 4.68 Å². The van der Waals surface area contributed by atoms with Gasteiger partial charge in [0.15, 0.2) is 0 Å². The van der Waals surface area contributed by atoms with E-state index < -0.39 is 5.60 Å². The van der Waals surface area contributed by atoms with Crippen molar-refractivity contribution in [3.8, 4) is 17.2 Å². The zero-order chi connectivity index (χ0) is 18.2. The molecule has 1 saturated heterocycles. The number of carbonyl (C=O) groups is 1. The Morgan fingerprint density at radius 3 is 2.72 bits per heavy atom. The van der Waals surface area contributed by atoms with E-state index in [2.05, 4.69) is 11.2 Å². The van der Waals surface area contributed by atoms with Crippen LogP contribution in [0.25, 0.3) is 11.1 Å². The SMILES string of the molecule is CC(C)(C)OC(=O)N1CC(n2cc(-c3ccc(C#N)cc3Cl)cn2)C1. The molecule has 0 unspecified atom stereocenters. The maximum Gasteiger partial charge on any atom is 0.410 e. The molecule has 1 amide bonds. The van der Waals surface area contributed by atoms with Gasteiger partial charge in [0.05, 0.1) is 23.9 Å². The summed E-state index contributed by atoms with van der Waals surface area (Å²) in [5.74, 6) is 0. The van der Waals surface area contributed by atoms with E-state index in [0.717, 1.165) is 11.1 Å². The first-order valence-corrected chi connectivity index (χ1v) is 8.37. The van der Waals surface area contributed by atoms with Crippen molar-refractivity contribution >= 4 is 17.7 Å². The van der Waals surface area contributed by atoms with E-state index in [-0.39, 0.29) is 12.1 Å². The molecule has 2 aromatic rings. The number of halogens is 1. The number of aromatic nitrogens is 2.